The van der Waals surface area contributed by atoms with Crippen LogP contribution in [-0.2, 0) is 4.79 Å². The van der Waals surface area contributed by atoms with Crippen molar-refractivity contribution in [2.45, 2.75) is 63.5 Å². The molecule has 1 amide bonds. The second-order valence-corrected chi connectivity index (χ2v) is 5.76. The highest BCUT2D eigenvalue weighted by molar-refractivity contribution is 5.85. The molecule has 1 aliphatic carbocycles. The molecule has 112 valence electrons. The van der Waals surface area contributed by atoms with Crippen LogP contribution in [0.15, 0.2) is 0 Å². The number of rotatable bonds is 4. The van der Waals surface area contributed by atoms with Crippen LogP contribution >= 0.6 is 12.4 Å². The van der Waals surface area contributed by atoms with Crippen molar-refractivity contribution >= 4 is 18.3 Å². The summed E-state index contributed by atoms with van der Waals surface area (Å²) in [5.41, 5.74) is 5.73. The molecule has 2 aliphatic rings. The summed E-state index contributed by atoms with van der Waals surface area (Å²) in [4.78, 5) is 14.3. The molecule has 0 aromatic rings. The lowest BCUT2D eigenvalue weighted by Gasteiger charge is -2.24. The maximum atomic E-state index is 12.0. The summed E-state index contributed by atoms with van der Waals surface area (Å²) < 4.78 is 0. The van der Waals surface area contributed by atoms with E-state index in [2.05, 4.69) is 10.2 Å². The SMILES string of the molecule is Cl.NCC1CCCN1CC(=O)NC1CCCCCC1. The van der Waals surface area contributed by atoms with E-state index in [1.165, 1.54) is 32.1 Å². The minimum absolute atomic E-state index is 0. The highest BCUT2D eigenvalue weighted by atomic mass is 35.5. The Morgan fingerprint density at radius 2 is 1.79 bits per heavy atom. The van der Waals surface area contributed by atoms with E-state index in [-0.39, 0.29) is 18.3 Å². The van der Waals surface area contributed by atoms with E-state index in [4.69, 9.17) is 5.73 Å². The third-order valence-corrected chi connectivity index (χ3v) is 4.34. The molecule has 0 spiro atoms. The van der Waals surface area contributed by atoms with Crippen LogP contribution in [0.1, 0.15) is 51.4 Å². The van der Waals surface area contributed by atoms with Crippen molar-refractivity contribution in [1.29, 1.82) is 0 Å². The van der Waals surface area contributed by atoms with Gasteiger partial charge in [-0.3, -0.25) is 9.69 Å². The Morgan fingerprint density at radius 1 is 1.11 bits per heavy atom. The zero-order valence-corrected chi connectivity index (χ0v) is 12.6. The number of halogens is 1. The molecule has 1 heterocycles. The first-order valence-electron chi connectivity index (χ1n) is 7.53. The number of nitrogens with two attached hydrogens (primary N) is 1. The molecule has 0 aromatic heterocycles. The Balaban J connectivity index is 0.00000180. The Kier molecular flexibility index (Phi) is 7.73. The topological polar surface area (TPSA) is 58.4 Å². The lowest BCUT2D eigenvalue weighted by atomic mass is 10.1. The lowest BCUT2D eigenvalue weighted by molar-refractivity contribution is -0.123. The van der Waals surface area contributed by atoms with Gasteiger partial charge in [-0.2, -0.15) is 0 Å². The summed E-state index contributed by atoms with van der Waals surface area (Å²) in [6.07, 6.45) is 9.82. The fourth-order valence-corrected chi connectivity index (χ4v) is 3.25. The van der Waals surface area contributed by atoms with Crippen molar-refractivity contribution in [3.05, 3.63) is 0 Å². The number of carbonyl (C=O) groups excluding carboxylic acids is 1. The zero-order chi connectivity index (χ0) is 12.8. The maximum absolute atomic E-state index is 12.0. The number of hydrogen-bond donors (Lipinski definition) is 2. The highest BCUT2D eigenvalue weighted by Crippen LogP contribution is 2.18. The molecule has 5 heteroatoms. The van der Waals surface area contributed by atoms with Gasteiger partial charge in [-0.25, -0.2) is 0 Å². The van der Waals surface area contributed by atoms with Crippen LogP contribution in [0.4, 0.5) is 0 Å². The van der Waals surface area contributed by atoms with E-state index in [1.54, 1.807) is 0 Å². The quantitative estimate of drug-likeness (QED) is 0.774. The van der Waals surface area contributed by atoms with Crippen LogP contribution in [0.2, 0.25) is 0 Å². The number of carbonyl (C=O) groups is 1. The molecule has 1 saturated heterocycles. The molecule has 1 saturated carbocycles. The van der Waals surface area contributed by atoms with Gasteiger partial charge in [0.15, 0.2) is 0 Å². The van der Waals surface area contributed by atoms with Crippen LogP contribution < -0.4 is 11.1 Å². The maximum Gasteiger partial charge on any atom is 0.234 e. The van der Waals surface area contributed by atoms with E-state index in [9.17, 15) is 4.79 Å². The van der Waals surface area contributed by atoms with Gasteiger partial charge in [0.2, 0.25) is 5.91 Å². The number of amides is 1. The van der Waals surface area contributed by atoms with Crippen molar-refractivity contribution in [3.8, 4) is 0 Å². The van der Waals surface area contributed by atoms with Crippen LogP contribution in [0, 0.1) is 0 Å². The molecular weight excluding hydrogens is 262 g/mol. The van der Waals surface area contributed by atoms with E-state index in [0.29, 0.717) is 25.2 Å². The largest absolute Gasteiger partial charge is 0.352 e. The number of likely N-dealkylation sites (tertiary alicyclic amines) is 1. The summed E-state index contributed by atoms with van der Waals surface area (Å²) in [5.74, 6) is 0.197. The molecular formula is C14H28ClN3O. The average Bonchev–Trinajstić information content (AvgIpc) is 2.64. The first-order valence-corrected chi connectivity index (χ1v) is 7.53. The third-order valence-electron chi connectivity index (χ3n) is 4.34. The predicted octanol–water partition coefficient (Wildman–Crippen LogP) is 1.67. The van der Waals surface area contributed by atoms with Gasteiger partial charge >= 0.3 is 0 Å². The molecule has 3 N–H and O–H groups in total. The Bertz CT molecular complexity index is 267. The summed E-state index contributed by atoms with van der Waals surface area (Å²) in [6.45, 7) is 2.25. The summed E-state index contributed by atoms with van der Waals surface area (Å²) >= 11 is 0. The molecule has 2 fully saturated rings. The lowest BCUT2D eigenvalue weighted by Crippen LogP contribution is -2.45. The molecule has 1 atom stereocenters. The molecule has 1 unspecified atom stereocenters. The Hall–Kier alpha value is -0.320. The summed E-state index contributed by atoms with van der Waals surface area (Å²) in [7, 11) is 0. The first-order chi connectivity index (χ1) is 8.79. The second kappa shape index (κ2) is 8.77. The van der Waals surface area contributed by atoms with Gasteiger partial charge in [0.05, 0.1) is 6.54 Å². The molecule has 0 aromatic carbocycles. The molecule has 0 bridgehead atoms. The summed E-state index contributed by atoms with van der Waals surface area (Å²) in [6, 6.07) is 0.837. The molecule has 19 heavy (non-hydrogen) atoms. The van der Waals surface area contributed by atoms with Crippen LogP contribution in [-0.4, -0.2) is 42.5 Å². The molecule has 2 rings (SSSR count). The van der Waals surface area contributed by atoms with E-state index < -0.39 is 0 Å². The summed E-state index contributed by atoms with van der Waals surface area (Å²) in [5, 5.41) is 3.21. The van der Waals surface area contributed by atoms with E-state index in [1.807, 2.05) is 0 Å². The Labute approximate surface area is 122 Å². The Morgan fingerprint density at radius 3 is 2.42 bits per heavy atom. The predicted molar refractivity (Wildman–Crippen MR) is 80.5 cm³/mol. The normalized spacial score (nSPS) is 25.6. The van der Waals surface area contributed by atoms with Crippen molar-refractivity contribution in [1.82, 2.24) is 10.2 Å². The number of nitrogens with zero attached hydrogens (tertiary/aromatic N) is 1. The molecule has 1 aliphatic heterocycles. The van der Waals surface area contributed by atoms with E-state index in [0.717, 1.165) is 25.8 Å². The van der Waals surface area contributed by atoms with Gasteiger partial charge in [0, 0.05) is 18.6 Å². The monoisotopic (exact) mass is 289 g/mol. The second-order valence-electron chi connectivity index (χ2n) is 5.76. The van der Waals surface area contributed by atoms with E-state index >= 15 is 0 Å². The first kappa shape index (κ1) is 16.7. The zero-order valence-electron chi connectivity index (χ0n) is 11.8. The minimum atomic E-state index is 0. The third kappa shape index (κ3) is 5.28. The molecule has 0 radical (unpaired) electrons. The van der Waals surface area contributed by atoms with Crippen molar-refractivity contribution in [2.75, 3.05) is 19.6 Å². The van der Waals surface area contributed by atoms with Gasteiger partial charge in [-0.1, -0.05) is 25.7 Å². The fraction of sp³-hybridized carbons (Fsp3) is 0.929. The highest BCUT2D eigenvalue weighted by Gasteiger charge is 2.25. The minimum Gasteiger partial charge on any atom is -0.352 e. The van der Waals surface area contributed by atoms with Crippen molar-refractivity contribution in [3.63, 3.8) is 0 Å². The average molecular weight is 290 g/mol. The standard InChI is InChI=1S/C14H27N3O.ClH/c15-10-13-8-5-9-17(13)11-14(18)16-12-6-3-1-2-4-7-12;/h12-13H,1-11,15H2,(H,16,18);1H. The van der Waals surface area contributed by atoms with Gasteiger partial charge in [0.1, 0.15) is 0 Å². The number of nitrogens with one attached hydrogen (secondary N) is 1. The number of hydrogen-bond acceptors (Lipinski definition) is 3. The van der Waals surface area contributed by atoms with Crippen LogP contribution in [0.25, 0.3) is 0 Å². The van der Waals surface area contributed by atoms with Crippen LogP contribution in [0.5, 0.6) is 0 Å². The van der Waals surface area contributed by atoms with Gasteiger partial charge in [0.25, 0.3) is 0 Å². The molecule has 4 nitrogen and oxygen atoms in total. The van der Waals surface area contributed by atoms with Crippen molar-refractivity contribution < 1.29 is 4.79 Å². The van der Waals surface area contributed by atoms with Gasteiger partial charge in [-0.05, 0) is 32.2 Å². The van der Waals surface area contributed by atoms with Crippen molar-refractivity contribution in [2.24, 2.45) is 5.73 Å². The fourth-order valence-electron chi connectivity index (χ4n) is 3.25. The van der Waals surface area contributed by atoms with Crippen LogP contribution in [0.3, 0.4) is 0 Å². The van der Waals surface area contributed by atoms with Gasteiger partial charge < -0.3 is 11.1 Å². The van der Waals surface area contributed by atoms with Gasteiger partial charge in [-0.15, -0.1) is 12.4 Å². The smallest absolute Gasteiger partial charge is 0.234 e.